The van der Waals surface area contributed by atoms with Crippen molar-refractivity contribution in [3.63, 3.8) is 0 Å². The molecule has 1 heterocycles. The Morgan fingerprint density at radius 3 is 2.79 bits per heavy atom. The van der Waals surface area contributed by atoms with Crippen molar-refractivity contribution in [1.82, 2.24) is 14.8 Å². The van der Waals surface area contributed by atoms with Gasteiger partial charge in [-0.1, -0.05) is 0 Å². The lowest BCUT2D eigenvalue weighted by Crippen LogP contribution is -2.44. The molecule has 1 aliphatic carbocycles. The Kier molecular flexibility index (Phi) is 3.89. The van der Waals surface area contributed by atoms with E-state index in [0.717, 1.165) is 18.7 Å². The Morgan fingerprint density at radius 2 is 2.32 bits per heavy atom. The van der Waals surface area contributed by atoms with Gasteiger partial charge in [-0.3, -0.25) is 4.79 Å². The Labute approximate surface area is 113 Å². The van der Waals surface area contributed by atoms with Gasteiger partial charge in [0.15, 0.2) is 0 Å². The minimum atomic E-state index is -0.644. The van der Waals surface area contributed by atoms with Gasteiger partial charge in [0, 0.05) is 19.0 Å². The molecule has 2 N–H and O–H groups in total. The van der Waals surface area contributed by atoms with Crippen LogP contribution in [0.2, 0.25) is 0 Å². The summed E-state index contributed by atoms with van der Waals surface area (Å²) in [7, 11) is 1.42. The maximum absolute atomic E-state index is 12.2. The Morgan fingerprint density at radius 1 is 1.63 bits per heavy atom. The lowest BCUT2D eigenvalue weighted by Gasteiger charge is -2.29. The van der Waals surface area contributed by atoms with Gasteiger partial charge < -0.3 is 10.5 Å². The molecule has 6 nitrogen and oxygen atoms in total. The lowest BCUT2D eigenvalue weighted by molar-refractivity contribution is -0.153. The number of nitrogens with two attached hydrogens (primary N) is 1. The highest BCUT2D eigenvalue weighted by Crippen LogP contribution is 2.47. The van der Waals surface area contributed by atoms with Crippen LogP contribution in [0.15, 0.2) is 6.33 Å². The molecule has 1 fully saturated rings. The topological polar surface area (TPSA) is 83.0 Å². The third kappa shape index (κ3) is 2.49. The highest BCUT2D eigenvalue weighted by molar-refractivity contribution is 5.78. The molecule has 1 unspecified atom stereocenters. The van der Waals surface area contributed by atoms with Crippen LogP contribution < -0.4 is 5.73 Å². The number of nitrogens with zero attached hydrogens (tertiary/aromatic N) is 3. The molecule has 106 valence electrons. The average Bonchev–Trinajstić information content (AvgIpc) is 3.14. The monoisotopic (exact) mass is 266 g/mol. The molecular weight excluding hydrogens is 244 g/mol. The summed E-state index contributed by atoms with van der Waals surface area (Å²) in [5, 5.41) is 4.21. The summed E-state index contributed by atoms with van der Waals surface area (Å²) in [6.45, 7) is 4.37. The first-order valence-electron chi connectivity index (χ1n) is 6.72. The van der Waals surface area contributed by atoms with Crippen LogP contribution in [-0.2, 0) is 16.0 Å². The number of hydrogen-bond donors (Lipinski definition) is 1. The van der Waals surface area contributed by atoms with Crippen LogP contribution >= 0.6 is 0 Å². The third-order valence-corrected chi connectivity index (χ3v) is 3.92. The quantitative estimate of drug-likeness (QED) is 0.774. The van der Waals surface area contributed by atoms with Crippen molar-refractivity contribution in [3.8, 4) is 0 Å². The standard InChI is InChI=1S/C13H22N4O2/c1-9(2)17-11(15-8-16-17)6-13(7-14,10-4-5-10)12(18)19-3/h8-10H,4-7,14H2,1-3H3. The normalized spacial score (nSPS) is 18.4. The van der Waals surface area contributed by atoms with Crippen LogP contribution in [-0.4, -0.2) is 34.4 Å². The van der Waals surface area contributed by atoms with Crippen molar-refractivity contribution in [3.05, 3.63) is 12.2 Å². The Hall–Kier alpha value is -1.43. The summed E-state index contributed by atoms with van der Waals surface area (Å²) < 4.78 is 6.82. The molecule has 19 heavy (non-hydrogen) atoms. The first kappa shape index (κ1) is 14.0. The number of carbonyl (C=O) groups is 1. The minimum absolute atomic E-state index is 0.213. The predicted octanol–water partition coefficient (Wildman–Crippen LogP) is 0.930. The van der Waals surface area contributed by atoms with Crippen molar-refractivity contribution in [2.75, 3.05) is 13.7 Å². The summed E-state index contributed by atoms with van der Waals surface area (Å²) in [4.78, 5) is 16.5. The Balaban J connectivity index is 2.30. The van der Waals surface area contributed by atoms with E-state index in [4.69, 9.17) is 10.5 Å². The van der Waals surface area contributed by atoms with Gasteiger partial charge in [-0.05, 0) is 32.6 Å². The molecule has 1 aromatic rings. The van der Waals surface area contributed by atoms with Crippen molar-refractivity contribution in [1.29, 1.82) is 0 Å². The summed E-state index contributed by atoms with van der Waals surface area (Å²) in [5.41, 5.74) is 5.27. The van der Waals surface area contributed by atoms with E-state index >= 15 is 0 Å². The third-order valence-electron chi connectivity index (χ3n) is 3.92. The van der Waals surface area contributed by atoms with E-state index in [1.165, 1.54) is 13.4 Å². The van der Waals surface area contributed by atoms with Crippen LogP contribution in [0.25, 0.3) is 0 Å². The fourth-order valence-corrected chi connectivity index (χ4v) is 2.66. The molecule has 1 aliphatic rings. The second-order valence-corrected chi connectivity index (χ2v) is 5.52. The zero-order valence-corrected chi connectivity index (χ0v) is 11.8. The van der Waals surface area contributed by atoms with E-state index in [1.807, 2.05) is 18.5 Å². The molecule has 1 aromatic heterocycles. The smallest absolute Gasteiger partial charge is 0.313 e. The molecule has 0 amide bonds. The number of methoxy groups -OCH3 is 1. The van der Waals surface area contributed by atoms with E-state index in [2.05, 4.69) is 10.1 Å². The molecule has 1 atom stereocenters. The fraction of sp³-hybridized carbons (Fsp3) is 0.769. The maximum Gasteiger partial charge on any atom is 0.313 e. The van der Waals surface area contributed by atoms with E-state index in [0.29, 0.717) is 12.3 Å². The molecule has 6 heteroatoms. The van der Waals surface area contributed by atoms with Gasteiger partial charge in [0.25, 0.3) is 0 Å². The second-order valence-electron chi connectivity index (χ2n) is 5.52. The van der Waals surface area contributed by atoms with Crippen molar-refractivity contribution in [2.24, 2.45) is 17.1 Å². The van der Waals surface area contributed by atoms with E-state index < -0.39 is 5.41 Å². The number of rotatable bonds is 6. The lowest BCUT2D eigenvalue weighted by atomic mass is 9.79. The van der Waals surface area contributed by atoms with Gasteiger partial charge in [-0.15, -0.1) is 0 Å². The molecule has 1 saturated carbocycles. The van der Waals surface area contributed by atoms with Crippen molar-refractivity contribution in [2.45, 2.75) is 39.2 Å². The highest BCUT2D eigenvalue weighted by Gasteiger charge is 2.51. The molecule has 0 aliphatic heterocycles. The Bertz CT molecular complexity index is 453. The molecule has 2 rings (SSSR count). The largest absolute Gasteiger partial charge is 0.469 e. The van der Waals surface area contributed by atoms with Crippen molar-refractivity contribution < 1.29 is 9.53 Å². The molecular formula is C13H22N4O2. The van der Waals surface area contributed by atoms with E-state index in [1.54, 1.807) is 0 Å². The molecule has 0 bridgehead atoms. The zero-order chi connectivity index (χ0) is 14.0. The van der Waals surface area contributed by atoms with Crippen LogP contribution in [0.1, 0.15) is 38.6 Å². The number of ether oxygens (including phenoxy) is 1. The number of esters is 1. The molecule has 0 spiro atoms. The summed E-state index contributed by atoms with van der Waals surface area (Å²) in [6.07, 6.45) is 4.09. The van der Waals surface area contributed by atoms with Gasteiger partial charge in [-0.2, -0.15) is 5.10 Å². The summed E-state index contributed by atoms with van der Waals surface area (Å²) in [5.74, 6) is 0.885. The van der Waals surface area contributed by atoms with E-state index in [9.17, 15) is 4.79 Å². The van der Waals surface area contributed by atoms with E-state index in [-0.39, 0.29) is 18.6 Å². The maximum atomic E-state index is 12.2. The first-order chi connectivity index (χ1) is 9.05. The highest BCUT2D eigenvalue weighted by atomic mass is 16.5. The molecule has 0 radical (unpaired) electrons. The average molecular weight is 266 g/mol. The first-order valence-corrected chi connectivity index (χ1v) is 6.72. The molecule has 0 aromatic carbocycles. The number of carbonyl (C=O) groups excluding carboxylic acids is 1. The van der Waals surface area contributed by atoms with Gasteiger partial charge in [0.1, 0.15) is 12.2 Å². The van der Waals surface area contributed by atoms with Crippen LogP contribution in [0.4, 0.5) is 0 Å². The summed E-state index contributed by atoms with van der Waals surface area (Å²) in [6, 6.07) is 0.213. The predicted molar refractivity (Wildman–Crippen MR) is 70.3 cm³/mol. The van der Waals surface area contributed by atoms with Crippen LogP contribution in [0.3, 0.4) is 0 Å². The summed E-state index contributed by atoms with van der Waals surface area (Å²) >= 11 is 0. The zero-order valence-electron chi connectivity index (χ0n) is 11.8. The van der Waals surface area contributed by atoms with Gasteiger partial charge in [0.2, 0.25) is 0 Å². The fourth-order valence-electron chi connectivity index (χ4n) is 2.66. The van der Waals surface area contributed by atoms with Crippen LogP contribution in [0.5, 0.6) is 0 Å². The SMILES string of the molecule is COC(=O)C(CN)(Cc1ncnn1C(C)C)C1CC1. The molecule has 0 saturated heterocycles. The van der Waals surface area contributed by atoms with Gasteiger partial charge in [0.05, 0.1) is 12.5 Å². The van der Waals surface area contributed by atoms with Crippen molar-refractivity contribution >= 4 is 5.97 Å². The number of aromatic nitrogens is 3. The van der Waals surface area contributed by atoms with Gasteiger partial charge in [-0.25, -0.2) is 9.67 Å². The minimum Gasteiger partial charge on any atom is -0.469 e. The van der Waals surface area contributed by atoms with Crippen LogP contribution in [0, 0.1) is 11.3 Å². The van der Waals surface area contributed by atoms with Gasteiger partial charge >= 0.3 is 5.97 Å². The number of hydrogen-bond acceptors (Lipinski definition) is 5. The second kappa shape index (κ2) is 5.28.